The normalized spacial score (nSPS) is 11.5. The van der Waals surface area contributed by atoms with Crippen LogP contribution in [0.5, 0.6) is 0 Å². The second-order valence-electron chi connectivity index (χ2n) is 5.69. The molecule has 0 aliphatic carbocycles. The molecule has 0 aromatic heterocycles. The maximum absolute atomic E-state index is 12.0. The van der Waals surface area contributed by atoms with Gasteiger partial charge in [0, 0.05) is 13.6 Å². The van der Waals surface area contributed by atoms with Gasteiger partial charge in [-0.3, -0.25) is 9.59 Å². The monoisotopic (exact) mass is 327 g/mol. The molecule has 5 nitrogen and oxygen atoms in total. The molecule has 1 aromatic carbocycles. The number of nitrogens with one attached hydrogen (secondary N) is 1. The van der Waals surface area contributed by atoms with Gasteiger partial charge in [0.1, 0.15) is 0 Å². The van der Waals surface area contributed by atoms with Crippen LogP contribution in [-0.2, 0) is 16.1 Å². The van der Waals surface area contributed by atoms with E-state index in [4.69, 9.17) is 5.73 Å². The maximum atomic E-state index is 12.0. The third-order valence-corrected chi connectivity index (χ3v) is 3.16. The number of hydrogen-bond acceptors (Lipinski definition) is 3. The van der Waals surface area contributed by atoms with Crippen molar-refractivity contribution in [3.8, 4) is 0 Å². The highest BCUT2D eigenvalue weighted by atomic mass is 35.5. The lowest BCUT2D eigenvalue weighted by Crippen LogP contribution is -2.45. The van der Waals surface area contributed by atoms with Crippen LogP contribution in [0.2, 0.25) is 0 Å². The Morgan fingerprint density at radius 2 is 1.82 bits per heavy atom. The highest BCUT2D eigenvalue weighted by molar-refractivity contribution is 5.87. The number of rotatable bonds is 7. The SMILES string of the molecule is CC(C)C[C@H](N)C(=O)NCC(=O)N(C)Cc1ccccc1.Cl. The maximum Gasteiger partial charge on any atom is 0.242 e. The van der Waals surface area contributed by atoms with E-state index in [0.717, 1.165) is 5.56 Å². The molecule has 0 bridgehead atoms. The van der Waals surface area contributed by atoms with Crippen LogP contribution in [0.15, 0.2) is 30.3 Å². The fourth-order valence-electron chi connectivity index (χ4n) is 1.99. The summed E-state index contributed by atoms with van der Waals surface area (Å²) in [6, 6.07) is 9.15. The highest BCUT2D eigenvalue weighted by Crippen LogP contribution is 2.03. The molecule has 0 aliphatic heterocycles. The van der Waals surface area contributed by atoms with Crippen molar-refractivity contribution in [1.29, 1.82) is 0 Å². The number of nitrogens with zero attached hydrogens (tertiary/aromatic N) is 1. The Bertz CT molecular complexity index is 466. The van der Waals surface area contributed by atoms with Gasteiger partial charge in [0.15, 0.2) is 0 Å². The van der Waals surface area contributed by atoms with Crippen molar-refractivity contribution in [2.75, 3.05) is 13.6 Å². The van der Waals surface area contributed by atoms with Crippen LogP contribution in [0.25, 0.3) is 0 Å². The van der Waals surface area contributed by atoms with Crippen molar-refractivity contribution >= 4 is 24.2 Å². The second-order valence-corrected chi connectivity index (χ2v) is 5.69. The number of likely N-dealkylation sites (N-methyl/N-ethyl adjacent to an activating group) is 1. The zero-order valence-corrected chi connectivity index (χ0v) is 14.2. The van der Waals surface area contributed by atoms with Gasteiger partial charge >= 0.3 is 0 Å². The lowest BCUT2D eigenvalue weighted by Gasteiger charge is -2.19. The van der Waals surface area contributed by atoms with Crippen LogP contribution < -0.4 is 11.1 Å². The molecular formula is C16H26ClN3O2. The van der Waals surface area contributed by atoms with Crippen LogP contribution >= 0.6 is 12.4 Å². The summed E-state index contributed by atoms with van der Waals surface area (Å²) in [6.45, 7) is 4.51. The van der Waals surface area contributed by atoms with Crippen molar-refractivity contribution in [1.82, 2.24) is 10.2 Å². The molecule has 1 atom stereocenters. The standard InChI is InChI=1S/C16H25N3O2.ClH/c1-12(2)9-14(17)16(21)18-10-15(20)19(3)11-13-7-5-4-6-8-13;/h4-8,12,14H,9-11,17H2,1-3H3,(H,18,21);1H/t14-;/m0./s1. The van der Waals surface area contributed by atoms with E-state index in [1.165, 1.54) is 0 Å². The summed E-state index contributed by atoms with van der Waals surface area (Å²) in [6.07, 6.45) is 0.611. The van der Waals surface area contributed by atoms with Crippen LogP contribution in [0.1, 0.15) is 25.8 Å². The minimum atomic E-state index is -0.558. The molecule has 0 spiro atoms. The van der Waals surface area contributed by atoms with E-state index in [1.807, 2.05) is 44.2 Å². The smallest absolute Gasteiger partial charge is 0.242 e. The second kappa shape index (κ2) is 10.2. The van der Waals surface area contributed by atoms with Crippen molar-refractivity contribution in [2.24, 2.45) is 11.7 Å². The Morgan fingerprint density at radius 3 is 2.36 bits per heavy atom. The average molecular weight is 328 g/mol. The van der Waals surface area contributed by atoms with Gasteiger partial charge < -0.3 is 16.0 Å². The van der Waals surface area contributed by atoms with E-state index >= 15 is 0 Å². The van der Waals surface area contributed by atoms with E-state index in [2.05, 4.69) is 5.32 Å². The predicted molar refractivity (Wildman–Crippen MR) is 90.6 cm³/mol. The first-order chi connectivity index (χ1) is 9.90. The fourth-order valence-corrected chi connectivity index (χ4v) is 1.99. The number of carbonyl (C=O) groups excluding carboxylic acids is 2. The lowest BCUT2D eigenvalue weighted by atomic mass is 10.0. The first-order valence-electron chi connectivity index (χ1n) is 7.21. The van der Waals surface area contributed by atoms with E-state index in [1.54, 1.807) is 11.9 Å². The molecule has 2 amide bonds. The number of carbonyl (C=O) groups is 2. The zero-order chi connectivity index (χ0) is 15.8. The van der Waals surface area contributed by atoms with Crippen LogP contribution in [0.4, 0.5) is 0 Å². The molecule has 1 rings (SSSR count). The Labute approximate surface area is 138 Å². The van der Waals surface area contributed by atoms with Crippen molar-refractivity contribution in [3.05, 3.63) is 35.9 Å². The van der Waals surface area contributed by atoms with E-state index in [0.29, 0.717) is 18.9 Å². The number of benzene rings is 1. The van der Waals surface area contributed by atoms with Crippen molar-refractivity contribution in [2.45, 2.75) is 32.9 Å². The third-order valence-electron chi connectivity index (χ3n) is 3.16. The summed E-state index contributed by atoms with van der Waals surface area (Å²) in [5, 5.41) is 2.60. The molecule has 0 radical (unpaired) electrons. The van der Waals surface area contributed by atoms with Crippen LogP contribution in [0, 0.1) is 5.92 Å². The first kappa shape index (κ1) is 20.4. The van der Waals surface area contributed by atoms with Gasteiger partial charge in [-0.25, -0.2) is 0 Å². The van der Waals surface area contributed by atoms with Gasteiger partial charge in [-0.2, -0.15) is 0 Å². The molecule has 0 fully saturated rings. The molecule has 124 valence electrons. The van der Waals surface area contributed by atoms with Gasteiger partial charge in [0.2, 0.25) is 11.8 Å². The molecule has 0 heterocycles. The number of nitrogens with two attached hydrogens (primary N) is 1. The summed E-state index contributed by atoms with van der Waals surface area (Å²) in [7, 11) is 1.72. The lowest BCUT2D eigenvalue weighted by molar-refractivity contribution is -0.132. The van der Waals surface area contributed by atoms with Crippen LogP contribution in [0.3, 0.4) is 0 Å². The summed E-state index contributed by atoms with van der Waals surface area (Å²) in [5.74, 6) is -0.0590. The number of halogens is 1. The summed E-state index contributed by atoms with van der Waals surface area (Å²) >= 11 is 0. The van der Waals surface area contributed by atoms with Gasteiger partial charge in [-0.05, 0) is 17.9 Å². The zero-order valence-electron chi connectivity index (χ0n) is 13.4. The Kier molecular flexibility index (Phi) is 9.45. The average Bonchev–Trinajstić information content (AvgIpc) is 2.44. The molecule has 3 N–H and O–H groups in total. The molecule has 0 saturated heterocycles. The first-order valence-corrected chi connectivity index (χ1v) is 7.21. The van der Waals surface area contributed by atoms with E-state index < -0.39 is 6.04 Å². The Hall–Kier alpha value is -1.59. The predicted octanol–water partition coefficient (Wildman–Crippen LogP) is 1.56. The van der Waals surface area contributed by atoms with E-state index in [9.17, 15) is 9.59 Å². The number of amides is 2. The molecule has 0 unspecified atom stereocenters. The summed E-state index contributed by atoms with van der Waals surface area (Å²) in [5.41, 5.74) is 6.82. The van der Waals surface area contributed by atoms with Crippen LogP contribution in [-0.4, -0.2) is 36.3 Å². The quantitative estimate of drug-likeness (QED) is 0.798. The highest BCUT2D eigenvalue weighted by Gasteiger charge is 2.16. The van der Waals surface area contributed by atoms with Crippen molar-refractivity contribution in [3.63, 3.8) is 0 Å². The minimum Gasteiger partial charge on any atom is -0.346 e. The van der Waals surface area contributed by atoms with Gasteiger partial charge in [-0.1, -0.05) is 44.2 Å². The fraction of sp³-hybridized carbons (Fsp3) is 0.500. The van der Waals surface area contributed by atoms with E-state index in [-0.39, 0.29) is 30.8 Å². The molecule has 0 saturated carbocycles. The van der Waals surface area contributed by atoms with Gasteiger partial charge in [-0.15, -0.1) is 12.4 Å². The number of hydrogen-bond donors (Lipinski definition) is 2. The topological polar surface area (TPSA) is 75.4 Å². The third kappa shape index (κ3) is 7.43. The van der Waals surface area contributed by atoms with Gasteiger partial charge in [0.05, 0.1) is 12.6 Å². The molecular weight excluding hydrogens is 302 g/mol. The largest absolute Gasteiger partial charge is 0.346 e. The molecule has 0 aliphatic rings. The minimum absolute atomic E-state index is 0. The summed E-state index contributed by atoms with van der Waals surface area (Å²) < 4.78 is 0. The molecule has 1 aromatic rings. The molecule has 6 heteroatoms. The molecule has 22 heavy (non-hydrogen) atoms. The summed E-state index contributed by atoms with van der Waals surface area (Å²) in [4.78, 5) is 25.3. The van der Waals surface area contributed by atoms with Gasteiger partial charge in [0.25, 0.3) is 0 Å². The van der Waals surface area contributed by atoms with Crippen molar-refractivity contribution < 1.29 is 9.59 Å². The Morgan fingerprint density at radius 1 is 1.23 bits per heavy atom. The Balaban J connectivity index is 0.00000441.